The van der Waals surface area contributed by atoms with Crippen molar-refractivity contribution >= 4 is 17.7 Å². The third-order valence-electron chi connectivity index (χ3n) is 7.28. The van der Waals surface area contributed by atoms with Crippen LogP contribution in [0.25, 0.3) is 0 Å². The fraction of sp³-hybridized carbons (Fsp3) is 0.591. The minimum Gasteiger partial charge on any atom is -0.322 e. The molecule has 2 N–H and O–H groups in total. The van der Waals surface area contributed by atoms with Gasteiger partial charge in [-0.15, -0.1) is 0 Å². The van der Waals surface area contributed by atoms with Gasteiger partial charge in [0, 0.05) is 30.6 Å². The molecule has 1 atom stereocenters. The Kier molecular flexibility index (Phi) is 4.67. The van der Waals surface area contributed by atoms with Crippen molar-refractivity contribution in [1.29, 1.82) is 0 Å². The number of benzene rings is 1. The monoisotopic (exact) mass is 396 g/mol. The van der Waals surface area contributed by atoms with Gasteiger partial charge in [0.05, 0.1) is 0 Å². The summed E-state index contributed by atoms with van der Waals surface area (Å²) in [4.78, 5) is 41.4. The molecule has 4 aliphatic rings. The van der Waals surface area contributed by atoms with Crippen LogP contribution in [0.2, 0.25) is 0 Å². The maximum absolute atomic E-state index is 13.3. The molecule has 3 fully saturated rings. The maximum Gasteiger partial charge on any atom is 0.255 e. The Balaban J connectivity index is 1.39. The third-order valence-corrected chi connectivity index (χ3v) is 7.28. The molecular weight excluding hydrogens is 368 g/mol. The molecule has 1 unspecified atom stereocenters. The summed E-state index contributed by atoms with van der Waals surface area (Å²) < 4.78 is 0. The summed E-state index contributed by atoms with van der Waals surface area (Å²) >= 11 is 0. The maximum atomic E-state index is 13.3. The normalized spacial score (nSPS) is 26.8. The number of amides is 3. The second kappa shape index (κ2) is 7.22. The summed E-state index contributed by atoms with van der Waals surface area (Å²) in [5.41, 5.74) is 3.10. The molecule has 1 aromatic rings. The van der Waals surface area contributed by atoms with Gasteiger partial charge >= 0.3 is 0 Å². The van der Waals surface area contributed by atoms with Crippen LogP contribution in [0, 0.1) is 0 Å². The van der Waals surface area contributed by atoms with E-state index in [0.29, 0.717) is 13.0 Å². The number of nitrogens with one attached hydrogen (secondary N) is 2. The molecular formula is C22H28N4O3. The standard InChI is InChI=1S/C22H28N4O3/c27-18-6-5-17(20(28)24-18)26-14-16-4-1-3-15(19(16)21(26)29)13-25-12-2-7-22(25)8-10-23-11-9-22/h1,3-4,17,23H,2,5-14H2,(H,24,27,28). The largest absolute Gasteiger partial charge is 0.322 e. The molecule has 0 aliphatic carbocycles. The zero-order valence-corrected chi connectivity index (χ0v) is 16.7. The first-order valence-corrected chi connectivity index (χ1v) is 10.8. The highest BCUT2D eigenvalue weighted by atomic mass is 16.2. The Morgan fingerprint density at radius 2 is 1.93 bits per heavy atom. The van der Waals surface area contributed by atoms with Crippen LogP contribution in [0.15, 0.2) is 18.2 Å². The van der Waals surface area contributed by atoms with E-state index < -0.39 is 6.04 Å². The highest BCUT2D eigenvalue weighted by Gasteiger charge is 2.43. The smallest absolute Gasteiger partial charge is 0.255 e. The Bertz CT molecular complexity index is 862. The van der Waals surface area contributed by atoms with Crippen molar-refractivity contribution in [2.45, 2.75) is 63.2 Å². The summed E-state index contributed by atoms with van der Waals surface area (Å²) in [5.74, 6) is -0.668. The Labute approximate surface area is 170 Å². The molecule has 3 amide bonds. The number of imide groups is 1. The molecule has 3 saturated heterocycles. The lowest BCUT2D eigenvalue weighted by Crippen LogP contribution is -2.52. The van der Waals surface area contributed by atoms with Crippen molar-refractivity contribution in [1.82, 2.24) is 20.4 Å². The number of piperidine rings is 2. The molecule has 1 spiro atoms. The van der Waals surface area contributed by atoms with Gasteiger partial charge in [0.2, 0.25) is 11.8 Å². The predicted molar refractivity (Wildman–Crippen MR) is 107 cm³/mol. The summed E-state index contributed by atoms with van der Waals surface area (Å²) in [6.07, 6.45) is 5.47. The fourth-order valence-electron chi connectivity index (χ4n) is 5.73. The molecule has 0 bridgehead atoms. The number of rotatable bonds is 3. The molecule has 1 aromatic carbocycles. The van der Waals surface area contributed by atoms with Gasteiger partial charge in [-0.25, -0.2) is 0 Å². The number of carbonyl (C=O) groups excluding carboxylic acids is 3. The van der Waals surface area contributed by atoms with E-state index in [1.54, 1.807) is 4.90 Å². The van der Waals surface area contributed by atoms with Crippen LogP contribution >= 0.6 is 0 Å². The average molecular weight is 396 g/mol. The van der Waals surface area contributed by atoms with Gasteiger partial charge in [0.25, 0.3) is 5.91 Å². The van der Waals surface area contributed by atoms with Crippen LogP contribution in [0.4, 0.5) is 0 Å². The van der Waals surface area contributed by atoms with E-state index >= 15 is 0 Å². The van der Waals surface area contributed by atoms with E-state index in [9.17, 15) is 14.4 Å². The molecule has 5 rings (SSSR count). The second-order valence-electron chi connectivity index (χ2n) is 8.85. The van der Waals surface area contributed by atoms with Crippen molar-refractivity contribution in [3.05, 3.63) is 34.9 Å². The van der Waals surface area contributed by atoms with E-state index in [1.807, 2.05) is 12.1 Å². The molecule has 4 aliphatic heterocycles. The van der Waals surface area contributed by atoms with Crippen molar-refractivity contribution < 1.29 is 14.4 Å². The topological polar surface area (TPSA) is 81.8 Å². The van der Waals surface area contributed by atoms with Gasteiger partial charge in [-0.05, 0) is 62.9 Å². The predicted octanol–water partition coefficient (Wildman–Crippen LogP) is 1.17. The molecule has 7 heteroatoms. The molecule has 29 heavy (non-hydrogen) atoms. The number of carbonyl (C=O) groups is 3. The fourth-order valence-corrected chi connectivity index (χ4v) is 5.73. The van der Waals surface area contributed by atoms with Crippen LogP contribution in [0.3, 0.4) is 0 Å². The quantitative estimate of drug-likeness (QED) is 0.750. The molecule has 4 heterocycles. The van der Waals surface area contributed by atoms with Gasteiger partial charge in [-0.3, -0.25) is 24.6 Å². The number of nitrogens with zero attached hydrogens (tertiary/aromatic N) is 2. The summed E-state index contributed by atoms with van der Waals surface area (Å²) in [5, 5.41) is 5.85. The van der Waals surface area contributed by atoms with Crippen LogP contribution in [-0.2, 0) is 22.7 Å². The average Bonchev–Trinajstić information content (AvgIpc) is 3.24. The van der Waals surface area contributed by atoms with E-state index in [2.05, 4.69) is 21.6 Å². The summed E-state index contributed by atoms with van der Waals surface area (Å²) in [6.45, 7) is 4.44. The number of hydrogen-bond donors (Lipinski definition) is 2. The minimum absolute atomic E-state index is 0.0661. The summed E-state index contributed by atoms with van der Waals surface area (Å²) in [6, 6.07) is 5.54. The van der Waals surface area contributed by atoms with Crippen molar-refractivity contribution in [2.75, 3.05) is 19.6 Å². The van der Waals surface area contributed by atoms with Crippen LogP contribution < -0.4 is 10.6 Å². The SMILES string of the molecule is O=C1CCC(N2Cc3cccc(CN4CCCC45CCNCC5)c3C2=O)C(=O)N1. The van der Waals surface area contributed by atoms with E-state index in [-0.39, 0.29) is 29.7 Å². The molecule has 7 nitrogen and oxygen atoms in total. The van der Waals surface area contributed by atoms with E-state index in [4.69, 9.17) is 0 Å². The van der Waals surface area contributed by atoms with Crippen LogP contribution in [0.1, 0.15) is 60.0 Å². The van der Waals surface area contributed by atoms with E-state index in [0.717, 1.165) is 42.9 Å². The van der Waals surface area contributed by atoms with Gasteiger partial charge in [-0.2, -0.15) is 0 Å². The van der Waals surface area contributed by atoms with Crippen molar-refractivity contribution in [3.8, 4) is 0 Å². The van der Waals surface area contributed by atoms with E-state index in [1.165, 1.54) is 25.7 Å². The lowest BCUT2D eigenvalue weighted by Gasteiger charge is -2.42. The lowest BCUT2D eigenvalue weighted by atomic mass is 9.85. The molecule has 0 radical (unpaired) electrons. The van der Waals surface area contributed by atoms with Crippen LogP contribution in [-0.4, -0.2) is 58.7 Å². The van der Waals surface area contributed by atoms with Gasteiger partial charge in [0.1, 0.15) is 6.04 Å². The molecule has 0 aromatic heterocycles. The van der Waals surface area contributed by atoms with Gasteiger partial charge in [-0.1, -0.05) is 18.2 Å². The zero-order valence-electron chi connectivity index (χ0n) is 16.7. The van der Waals surface area contributed by atoms with Gasteiger partial charge < -0.3 is 10.2 Å². The Morgan fingerprint density at radius 3 is 2.72 bits per heavy atom. The Hall–Kier alpha value is -2.25. The lowest BCUT2D eigenvalue weighted by molar-refractivity contribution is -0.136. The highest BCUT2D eigenvalue weighted by Crippen LogP contribution is 2.39. The first-order chi connectivity index (χ1) is 14.1. The number of likely N-dealkylation sites (tertiary alicyclic amines) is 1. The number of fused-ring (bicyclic) bond motifs is 1. The first-order valence-electron chi connectivity index (χ1n) is 10.8. The minimum atomic E-state index is -0.553. The van der Waals surface area contributed by atoms with Crippen molar-refractivity contribution in [3.63, 3.8) is 0 Å². The second-order valence-corrected chi connectivity index (χ2v) is 8.85. The zero-order chi connectivity index (χ0) is 20.0. The highest BCUT2D eigenvalue weighted by molar-refractivity contribution is 6.06. The van der Waals surface area contributed by atoms with Crippen molar-refractivity contribution in [2.24, 2.45) is 0 Å². The Morgan fingerprint density at radius 1 is 1.10 bits per heavy atom. The summed E-state index contributed by atoms with van der Waals surface area (Å²) in [7, 11) is 0. The number of hydrogen-bond acceptors (Lipinski definition) is 5. The molecule has 154 valence electrons. The van der Waals surface area contributed by atoms with Gasteiger partial charge in [0.15, 0.2) is 0 Å². The van der Waals surface area contributed by atoms with Crippen LogP contribution in [0.5, 0.6) is 0 Å². The molecule has 0 saturated carbocycles. The first kappa shape index (κ1) is 18.8. The third kappa shape index (κ3) is 3.16.